The number of ether oxygens (including phenoxy) is 1. The second-order valence-electron chi connectivity index (χ2n) is 5.89. The van der Waals surface area contributed by atoms with E-state index in [9.17, 15) is 8.42 Å². The van der Waals surface area contributed by atoms with E-state index in [1.165, 1.54) is 0 Å². The predicted molar refractivity (Wildman–Crippen MR) is 98.0 cm³/mol. The summed E-state index contributed by atoms with van der Waals surface area (Å²) < 4.78 is 31.1. The maximum Gasteiger partial charge on any atom is 0.229 e. The Kier molecular flexibility index (Phi) is 4.49. The molecule has 3 rings (SSSR count). The molecule has 6 heteroatoms. The Morgan fingerprint density at radius 3 is 2.75 bits per heavy atom. The molecule has 24 heavy (non-hydrogen) atoms. The van der Waals surface area contributed by atoms with Crippen LogP contribution >= 0.6 is 0 Å². The molecule has 0 spiro atoms. The number of rotatable bonds is 5. The number of fused-ring (bicyclic) bond motifs is 1. The van der Waals surface area contributed by atoms with Crippen molar-refractivity contribution < 1.29 is 13.2 Å². The number of aryl methyl sites for hydroxylation is 1. The molecule has 0 atom stereocenters. The number of para-hydroxylation sites is 1. The third-order valence-corrected chi connectivity index (χ3v) is 4.33. The van der Waals surface area contributed by atoms with Gasteiger partial charge in [-0.3, -0.25) is 4.72 Å². The lowest BCUT2D eigenvalue weighted by Crippen LogP contribution is -2.15. The van der Waals surface area contributed by atoms with Crippen LogP contribution in [0.4, 0.5) is 11.4 Å². The first-order valence-electron chi connectivity index (χ1n) is 7.64. The fraction of sp³-hybridized carbons (Fsp3) is 0.222. The van der Waals surface area contributed by atoms with Crippen molar-refractivity contribution in [3.05, 3.63) is 59.2 Å². The lowest BCUT2D eigenvalue weighted by atomic mass is 10.1. The quantitative estimate of drug-likeness (QED) is 0.874. The van der Waals surface area contributed by atoms with Crippen LogP contribution in [0.1, 0.15) is 11.1 Å². The zero-order valence-electron chi connectivity index (χ0n) is 13.7. The largest absolute Gasteiger partial charge is 0.489 e. The van der Waals surface area contributed by atoms with Crippen LogP contribution in [0.15, 0.2) is 48.0 Å². The average molecular weight is 344 g/mol. The highest BCUT2D eigenvalue weighted by Gasteiger charge is 2.11. The predicted octanol–water partition coefficient (Wildman–Crippen LogP) is 3.25. The molecule has 2 aromatic rings. The lowest BCUT2D eigenvalue weighted by Gasteiger charge is -2.19. The smallest absolute Gasteiger partial charge is 0.229 e. The van der Waals surface area contributed by atoms with Gasteiger partial charge in [0.25, 0.3) is 0 Å². The fourth-order valence-corrected chi connectivity index (χ4v) is 3.14. The molecule has 0 fully saturated rings. The van der Waals surface area contributed by atoms with Crippen molar-refractivity contribution in [1.29, 1.82) is 0 Å². The standard InChI is InChI=1S/C18H20N2O3S/c1-13-7-8-16(10-17(13)20-24(2,21)22)19-11-14-9-15-5-3-4-6-18(15)23-12-14/h3-10,19-20H,11-12H2,1-2H3. The summed E-state index contributed by atoms with van der Waals surface area (Å²) in [5.41, 5.74) is 4.52. The summed E-state index contributed by atoms with van der Waals surface area (Å²) in [7, 11) is -3.29. The topological polar surface area (TPSA) is 67.4 Å². The molecule has 0 amide bonds. The van der Waals surface area contributed by atoms with Gasteiger partial charge in [-0.2, -0.15) is 0 Å². The van der Waals surface area contributed by atoms with Crippen LogP contribution in [0.3, 0.4) is 0 Å². The molecule has 126 valence electrons. The molecule has 0 bridgehead atoms. The van der Waals surface area contributed by atoms with E-state index in [-0.39, 0.29) is 0 Å². The Morgan fingerprint density at radius 2 is 1.96 bits per heavy atom. The van der Waals surface area contributed by atoms with Crippen LogP contribution in [0.2, 0.25) is 0 Å². The third-order valence-electron chi connectivity index (χ3n) is 3.74. The highest BCUT2D eigenvalue weighted by molar-refractivity contribution is 7.92. The maximum absolute atomic E-state index is 11.4. The molecule has 0 saturated carbocycles. The summed E-state index contributed by atoms with van der Waals surface area (Å²) in [6.45, 7) is 3.05. The molecule has 1 heterocycles. The van der Waals surface area contributed by atoms with Crippen molar-refractivity contribution >= 4 is 27.5 Å². The average Bonchev–Trinajstić information content (AvgIpc) is 2.54. The normalized spacial score (nSPS) is 13.5. The van der Waals surface area contributed by atoms with Crippen LogP contribution < -0.4 is 14.8 Å². The summed E-state index contributed by atoms with van der Waals surface area (Å²) >= 11 is 0. The number of hydrogen-bond donors (Lipinski definition) is 2. The van der Waals surface area contributed by atoms with Crippen molar-refractivity contribution in [2.24, 2.45) is 0 Å². The first kappa shape index (κ1) is 16.4. The molecule has 0 aromatic heterocycles. The van der Waals surface area contributed by atoms with E-state index < -0.39 is 10.0 Å². The van der Waals surface area contributed by atoms with Gasteiger partial charge in [-0.1, -0.05) is 24.3 Å². The third kappa shape index (κ3) is 4.08. The molecule has 0 unspecified atom stereocenters. The molecular weight excluding hydrogens is 324 g/mol. The molecule has 2 N–H and O–H groups in total. The van der Waals surface area contributed by atoms with Crippen molar-refractivity contribution in [2.45, 2.75) is 6.92 Å². The fourth-order valence-electron chi connectivity index (χ4n) is 2.52. The monoisotopic (exact) mass is 344 g/mol. The Bertz CT molecular complexity index is 889. The summed E-state index contributed by atoms with van der Waals surface area (Å²) in [6.07, 6.45) is 3.27. The van der Waals surface area contributed by atoms with Gasteiger partial charge in [-0.05, 0) is 42.3 Å². The van der Waals surface area contributed by atoms with E-state index in [1.54, 1.807) is 6.07 Å². The molecule has 0 saturated heterocycles. The minimum absolute atomic E-state index is 0.546. The number of benzene rings is 2. The van der Waals surface area contributed by atoms with Gasteiger partial charge in [0.05, 0.1) is 11.9 Å². The van der Waals surface area contributed by atoms with Crippen LogP contribution in [0, 0.1) is 6.92 Å². The lowest BCUT2D eigenvalue weighted by molar-refractivity contribution is 0.346. The first-order chi connectivity index (χ1) is 11.4. The minimum Gasteiger partial charge on any atom is -0.489 e. The van der Waals surface area contributed by atoms with Crippen molar-refractivity contribution in [2.75, 3.05) is 29.4 Å². The van der Waals surface area contributed by atoms with E-state index in [0.717, 1.165) is 34.4 Å². The van der Waals surface area contributed by atoms with Crippen LogP contribution in [0.25, 0.3) is 6.08 Å². The summed E-state index contributed by atoms with van der Waals surface area (Å²) in [6, 6.07) is 13.5. The summed E-state index contributed by atoms with van der Waals surface area (Å²) in [5, 5.41) is 3.32. The number of hydrogen-bond acceptors (Lipinski definition) is 4. The SMILES string of the molecule is Cc1ccc(NCC2=Cc3ccccc3OC2)cc1NS(C)(=O)=O. The van der Waals surface area contributed by atoms with Gasteiger partial charge in [0.2, 0.25) is 10.0 Å². The molecule has 5 nitrogen and oxygen atoms in total. The molecule has 0 aliphatic carbocycles. The van der Waals surface area contributed by atoms with Gasteiger partial charge in [-0.25, -0.2) is 8.42 Å². The van der Waals surface area contributed by atoms with E-state index in [4.69, 9.17) is 4.74 Å². The van der Waals surface area contributed by atoms with Crippen LogP contribution in [-0.2, 0) is 10.0 Å². The first-order valence-corrected chi connectivity index (χ1v) is 9.53. The highest BCUT2D eigenvalue weighted by Crippen LogP contribution is 2.26. The van der Waals surface area contributed by atoms with Gasteiger partial charge in [0.15, 0.2) is 0 Å². The van der Waals surface area contributed by atoms with E-state index in [0.29, 0.717) is 18.8 Å². The molecular formula is C18H20N2O3S. The minimum atomic E-state index is -3.29. The van der Waals surface area contributed by atoms with E-state index >= 15 is 0 Å². The molecule has 1 aliphatic rings. The van der Waals surface area contributed by atoms with Gasteiger partial charge in [0, 0.05) is 17.8 Å². The second-order valence-corrected chi connectivity index (χ2v) is 7.64. The van der Waals surface area contributed by atoms with Crippen LogP contribution in [-0.4, -0.2) is 27.8 Å². The van der Waals surface area contributed by atoms with Gasteiger partial charge in [-0.15, -0.1) is 0 Å². The maximum atomic E-state index is 11.4. The molecule has 1 aliphatic heterocycles. The molecule has 0 radical (unpaired) electrons. The summed E-state index contributed by atoms with van der Waals surface area (Å²) in [5.74, 6) is 0.899. The summed E-state index contributed by atoms with van der Waals surface area (Å²) in [4.78, 5) is 0. The van der Waals surface area contributed by atoms with Gasteiger partial charge in [0.1, 0.15) is 12.4 Å². The Morgan fingerprint density at radius 1 is 1.17 bits per heavy atom. The van der Waals surface area contributed by atoms with Gasteiger partial charge < -0.3 is 10.1 Å². The number of anilines is 2. The van der Waals surface area contributed by atoms with Crippen molar-refractivity contribution in [3.63, 3.8) is 0 Å². The van der Waals surface area contributed by atoms with Crippen LogP contribution in [0.5, 0.6) is 5.75 Å². The second kappa shape index (κ2) is 6.57. The Hall–Kier alpha value is -2.47. The van der Waals surface area contributed by atoms with E-state index in [2.05, 4.69) is 16.1 Å². The molecule has 2 aromatic carbocycles. The number of sulfonamides is 1. The van der Waals surface area contributed by atoms with Gasteiger partial charge >= 0.3 is 0 Å². The number of nitrogens with one attached hydrogen (secondary N) is 2. The Balaban J connectivity index is 1.71. The zero-order chi connectivity index (χ0) is 17.2. The Labute approximate surface area is 142 Å². The zero-order valence-corrected chi connectivity index (χ0v) is 14.5. The highest BCUT2D eigenvalue weighted by atomic mass is 32.2. The van der Waals surface area contributed by atoms with E-state index in [1.807, 2.05) is 43.3 Å². The van der Waals surface area contributed by atoms with Crippen molar-refractivity contribution in [3.8, 4) is 5.75 Å². The van der Waals surface area contributed by atoms with Crippen molar-refractivity contribution in [1.82, 2.24) is 0 Å².